The van der Waals surface area contributed by atoms with E-state index in [0.717, 1.165) is 6.42 Å². The van der Waals surface area contributed by atoms with E-state index >= 15 is 0 Å². The number of nitrogens with one attached hydrogen (secondary N) is 1. The largest absolute Gasteiger partial charge is 0.481 e. The molecular formula is C16H20N2O3. The molecule has 5 nitrogen and oxygen atoms in total. The van der Waals surface area contributed by atoms with Crippen molar-refractivity contribution in [3.05, 3.63) is 30.1 Å². The summed E-state index contributed by atoms with van der Waals surface area (Å²) in [7, 11) is 0. The number of rotatable bonds is 4. The molecular weight excluding hydrogens is 268 g/mol. The van der Waals surface area contributed by atoms with Crippen molar-refractivity contribution in [2.45, 2.75) is 44.1 Å². The van der Waals surface area contributed by atoms with E-state index in [0.29, 0.717) is 31.6 Å². The lowest BCUT2D eigenvalue weighted by atomic mass is 9.81. The number of carbonyl (C=O) groups excluding carboxylic acids is 1. The normalized spacial score (nSPS) is 31.4. The molecule has 0 bridgehead atoms. The summed E-state index contributed by atoms with van der Waals surface area (Å²) in [6, 6.07) is 4.18. The number of hydrogen-bond donors (Lipinski definition) is 2. The van der Waals surface area contributed by atoms with Gasteiger partial charge in [0.2, 0.25) is 5.91 Å². The summed E-state index contributed by atoms with van der Waals surface area (Å²) in [6.45, 7) is 0. The fourth-order valence-electron chi connectivity index (χ4n) is 3.22. The zero-order chi connectivity index (χ0) is 14.8. The van der Waals surface area contributed by atoms with Gasteiger partial charge in [0.15, 0.2) is 0 Å². The van der Waals surface area contributed by atoms with E-state index in [1.165, 1.54) is 5.56 Å². The Hall–Kier alpha value is -1.91. The van der Waals surface area contributed by atoms with Gasteiger partial charge in [-0.05, 0) is 43.7 Å². The first-order valence-corrected chi connectivity index (χ1v) is 7.58. The number of aliphatic carboxylic acids is 1. The van der Waals surface area contributed by atoms with Crippen molar-refractivity contribution in [2.75, 3.05) is 0 Å². The molecule has 0 saturated heterocycles. The predicted molar refractivity (Wildman–Crippen MR) is 76.6 cm³/mol. The predicted octanol–water partition coefficient (Wildman–Crippen LogP) is 1.94. The van der Waals surface area contributed by atoms with Crippen LogP contribution in [0.5, 0.6) is 0 Å². The number of pyridine rings is 1. The highest BCUT2D eigenvalue weighted by atomic mass is 16.4. The highest BCUT2D eigenvalue weighted by Crippen LogP contribution is 2.41. The van der Waals surface area contributed by atoms with Crippen LogP contribution in [0.25, 0.3) is 0 Å². The molecule has 0 spiro atoms. The molecule has 0 radical (unpaired) electrons. The standard InChI is InChI=1S/C16H20N2O3/c19-15(10-3-5-11(6-4-10)16(20)21)18-14-8-13(14)12-2-1-7-17-9-12/h1-2,7,9-11,13-14H,3-6,8H2,(H,18,19)(H,20,21)/t10?,11?,13-,14+/m0/s1. The van der Waals surface area contributed by atoms with Gasteiger partial charge in [-0.3, -0.25) is 14.6 Å². The van der Waals surface area contributed by atoms with Crippen LogP contribution in [0.2, 0.25) is 0 Å². The maximum absolute atomic E-state index is 12.2. The maximum atomic E-state index is 12.2. The smallest absolute Gasteiger partial charge is 0.306 e. The van der Waals surface area contributed by atoms with E-state index in [4.69, 9.17) is 5.11 Å². The number of aromatic nitrogens is 1. The van der Waals surface area contributed by atoms with Crippen LogP contribution in [-0.2, 0) is 9.59 Å². The Kier molecular flexibility index (Phi) is 3.90. The highest BCUT2D eigenvalue weighted by Gasteiger charge is 2.41. The number of nitrogens with zero attached hydrogens (tertiary/aromatic N) is 1. The van der Waals surface area contributed by atoms with E-state index in [2.05, 4.69) is 10.3 Å². The molecule has 2 fully saturated rings. The van der Waals surface area contributed by atoms with Gasteiger partial charge in [0.25, 0.3) is 0 Å². The van der Waals surface area contributed by atoms with Gasteiger partial charge in [-0.1, -0.05) is 6.07 Å². The summed E-state index contributed by atoms with van der Waals surface area (Å²) in [6.07, 6.45) is 7.19. The summed E-state index contributed by atoms with van der Waals surface area (Å²) in [4.78, 5) is 27.2. The molecule has 5 heteroatoms. The third-order valence-corrected chi connectivity index (χ3v) is 4.68. The Bertz CT molecular complexity index is 524. The summed E-state index contributed by atoms with van der Waals surface area (Å²) >= 11 is 0. The summed E-state index contributed by atoms with van der Waals surface area (Å²) in [5, 5.41) is 12.1. The van der Waals surface area contributed by atoms with Crippen LogP contribution >= 0.6 is 0 Å². The molecule has 2 N–H and O–H groups in total. The minimum atomic E-state index is -0.729. The Morgan fingerprint density at radius 1 is 1.19 bits per heavy atom. The number of carbonyl (C=O) groups is 2. The van der Waals surface area contributed by atoms with Crippen LogP contribution in [0.3, 0.4) is 0 Å². The van der Waals surface area contributed by atoms with Gasteiger partial charge < -0.3 is 10.4 Å². The van der Waals surface area contributed by atoms with Crippen molar-refractivity contribution in [3.8, 4) is 0 Å². The second-order valence-corrected chi connectivity index (χ2v) is 6.13. The van der Waals surface area contributed by atoms with Crippen molar-refractivity contribution >= 4 is 11.9 Å². The molecule has 2 aliphatic rings. The third-order valence-electron chi connectivity index (χ3n) is 4.68. The molecule has 0 aliphatic heterocycles. The number of hydrogen-bond acceptors (Lipinski definition) is 3. The Morgan fingerprint density at radius 2 is 1.90 bits per heavy atom. The molecule has 2 aliphatic carbocycles. The van der Waals surface area contributed by atoms with Crippen molar-refractivity contribution in [1.82, 2.24) is 10.3 Å². The lowest BCUT2D eigenvalue weighted by Gasteiger charge is -2.25. The summed E-state index contributed by atoms with van der Waals surface area (Å²) in [5.74, 6) is -0.533. The zero-order valence-electron chi connectivity index (χ0n) is 11.9. The number of amides is 1. The van der Waals surface area contributed by atoms with Crippen molar-refractivity contribution in [1.29, 1.82) is 0 Å². The van der Waals surface area contributed by atoms with Crippen LogP contribution in [0.15, 0.2) is 24.5 Å². The minimum Gasteiger partial charge on any atom is -0.481 e. The lowest BCUT2D eigenvalue weighted by Crippen LogP contribution is -2.36. The molecule has 3 rings (SSSR count). The molecule has 0 aromatic carbocycles. The first kappa shape index (κ1) is 14.0. The van der Waals surface area contributed by atoms with E-state index in [9.17, 15) is 9.59 Å². The van der Waals surface area contributed by atoms with Crippen LogP contribution in [0, 0.1) is 11.8 Å². The maximum Gasteiger partial charge on any atom is 0.306 e. The fourth-order valence-corrected chi connectivity index (χ4v) is 3.22. The number of carboxylic acid groups (broad SMARTS) is 1. The van der Waals surface area contributed by atoms with E-state index in [-0.39, 0.29) is 23.8 Å². The molecule has 1 heterocycles. The molecule has 2 atom stereocenters. The van der Waals surface area contributed by atoms with E-state index in [1.54, 1.807) is 6.20 Å². The first-order valence-electron chi connectivity index (χ1n) is 7.58. The van der Waals surface area contributed by atoms with Crippen molar-refractivity contribution in [3.63, 3.8) is 0 Å². The van der Waals surface area contributed by atoms with Crippen LogP contribution in [-0.4, -0.2) is 28.0 Å². The Morgan fingerprint density at radius 3 is 2.52 bits per heavy atom. The van der Waals surface area contributed by atoms with Gasteiger partial charge in [0.05, 0.1) is 5.92 Å². The van der Waals surface area contributed by atoms with Crippen molar-refractivity contribution in [2.24, 2.45) is 11.8 Å². The van der Waals surface area contributed by atoms with Gasteiger partial charge in [0.1, 0.15) is 0 Å². The summed E-state index contributed by atoms with van der Waals surface area (Å²) < 4.78 is 0. The molecule has 1 amide bonds. The quantitative estimate of drug-likeness (QED) is 0.887. The molecule has 21 heavy (non-hydrogen) atoms. The molecule has 1 aromatic rings. The van der Waals surface area contributed by atoms with Gasteiger partial charge in [0, 0.05) is 30.3 Å². The molecule has 1 aromatic heterocycles. The van der Waals surface area contributed by atoms with Crippen molar-refractivity contribution < 1.29 is 14.7 Å². The monoisotopic (exact) mass is 288 g/mol. The second kappa shape index (κ2) is 5.84. The zero-order valence-corrected chi connectivity index (χ0v) is 11.9. The molecule has 112 valence electrons. The van der Waals surface area contributed by atoms with E-state index in [1.807, 2.05) is 18.3 Å². The minimum absolute atomic E-state index is 0.0178. The topological polar surface area (TPSA) is 79.3 Å². The van der Waals surface area contributed by atoms with Gasteiger partial charge in [-0.25, -0.2) is 0 Å². The van der Waals surface area contributed by atoms with Gasteiger partial charge >= 0.3 is 5.97 Å². The van der Waals surface area contributed by atoms with Gasteiger partial charge in [-0.2, -0.15) is 0 Å². The molecule has 0 unspecified atom stereocenters. The fraction of sp³-hybridized carbons (Fsp3) is 0.562. The van der Waals surface area contributed by atoms with Crippen LogP contribution in [0.4, 0.5) is 0 Å². The van der Waals surface area contributed by atoms with Crippen LogP contribution < -0.4 is 5.32 Å². The highest BCUT2D eigenvalue weighted by molar-refractivity contribution is 5.80. The number of carboxylic acids is 1. The second-order valence-electron chi connectivity index (χ2n) is 6.13. The first-order chi connectivity index (χ1) is 10.1. The van der Waals surface area contributed by atoms with E-state index < -0.39 is 5.97 Å². The molecule has 2 saturated carbocycles. The van der Waals surface area contributed by atoms with Gasteiger partial charge in [-0.15, -0.1) is 0 Å². The average Bonchev–Trinajstić information content (AvgIpc) is 3.27. The average molecular weight is 288 g/mol. The SMILES string of the molecule is O=C(O)C1CCC(C(=O)N[C@@H]2C[C@H]2c2cccnc2)CC1. The Labute approximate surface area is 123 Å². The summed E-state index contributed by atoms with van der Waals surface area (Å²) in [5.41, 5.74) is 1.18. The van der Waals surface area contributed by atoms with Crippen LogP contribution in [0.1, 0.15) is 43.6 Å². The Balaban J connectivity index is 1.47. The lowest BCUT2D eigenvalue weighted by molar-refractivity contribution is -0.144. The third kappa shape index (κ3) is 3.23.